The van der Waals surface area contributed by atoms with Crippen molar-refractivity contribution in [2.75, 3.05) is 13.2 Å². The molecule has 1 fully saturated rings. The Morgan fingerprint density at radius 1 is 1.36 bits per heavy atom. The SMILES string of the molecule is C[C@@H]1CN[C@H](COc2ccccc2)C1. The van der Waals surface area contributed by atoms with Gasteiger partial charge in [-0.25, -0.2) is 0 Å². The number of nitrogens with one attached hydrogen (secondary N) is 1. The minimum Gasteiger partial charge on any atom is -0.492 e. The first-order valence-electron chi connectivity index (χ1n) is 5.26. The molecular formula is C12H17NO. The highest BCUT2D eigenvalue weighted by molar-refractivity contribution is 5.20. The van der Waals surface area contributed by atoms with Crippen LogP contribution in [0.15, 0.2) is 30.3 Å². The molecule has 1 aromatic rings. The Kier molecular flexibility index (Phi) is 3.04. The fraction of sp³-hybridized carbons (Fsp3) is 0.500. The lowest BCUT2D eigenvalue weighted by Gasteiger charge is -2.11. The molecule has 2 atom stereocenters. The smallest absolute Gasteiger partial charge is 0.119 e. The number of para-hydroxylation sites is 1. The summed E-state index contributed by atoms with van der Waals surface area (Å²) in [6.07, 6.45) is 1.23. The van der Waals surface area contributed by atoms with Crippen LogP contribution in [0.3, 0.4) is 0 Å². The second kappa shape index (κ2) is 4.47. The summed E-state index contributed by atoms with van der Waals surface area (Å²) in [7, 11) is 0. The van der Waals surface area contributed by atoms with Crippen molar-refractivity contribution in [2.45, 2.75) is 19.4 Å². The van der Waals surface area contributed by atoms with E-state index in [1.165, 1.54) is 6.42 Å². The van der Waals surface area contributed by atoms with Crippen LogP contribution in [0, 0.1) is 5.92 Å². The lowest BCUT2D eigenvalue weighted by molar-refractivity contribution is 0.275. The van der Waals surface area contributed by atoms with Crippen molar-refractivity contribution in [1.82, 2.24) is 5.32 Å². The van der Waals surface area contributed by atoms with Crippen LogP contribution in [0.25, 0.3) is 0 Å². The van der Waals surface area contributed by atoms with E-state index in [2.05, 4.69) is 12.2 Å². The molecule has 1 aliphatic heterocycles. The largest absolute Gasteiger partial charge is 0.492 e. The number of benzene rings is 1. The molecule has 0 unspecified atom stereocenters. The summed E-state index contributed by atoms with van der Waals surface area (Å²) < 4.78 is 5.68. The van der Waals surface area contributed by atoms with Crippen molar-refractivity contribution in [2.24, 2.45) is 5.92 Å². The summed E-state index contributed by atoms with van der Waals surface area (Å²) in [6, 6.07) is 10.5. The Morgan fingerprint density at radius 2 is 2.14 bits per heavy atom. The molecule has 0 saturated carbocycles. The Morgan fingerprint density at radius 3 is 2.79 bits per heavy atom. The summed E-state index contributed by atoms with van der Waals surface area (Å²) in [5.74, 6) is 1.76. The fourth-order valence-electron chi connectivity index (χ4n) is 1.86. The Hall–Kier alpha value is -1.02. The van der Waals surface area contributed by atoms with Crippen molar-refractivity contribution in [3.8, 4) is 5.75 Å². The summed E-state index contributed by atoms with van der Waals surface area (Å²) >= 11 is 0. The normalized spacial score (nSPS) is 26.4. The van der Waals surface area contributed by atoms with Crippen LogP contribution in [-0.4, -0.2) is 19.2 Å². The third-order valence-electron chi connectivity index (χ3n) is 2.64. The number of hydrogen-bond donors (Lipinski definition) is 1. The van der Waals surface area contributed by atoms with E-state index in [4.69, 9.17) is 4.74 Å². The van der Waals surface area contributed by atoms with Crippen molar-refractivity contribution in [3.05, 3.63) is 30.3 Å². The van der Waals surface area contributed by atoms with Gasteiger partial charge in [0.25, 0.3) is 0 Å². The van der Waals surface area contributed by atoms with E-state index in [-0.39, 0.29) is 0 Å². The van der Waals surface area contributed by atoms with Gasteiger partial charge in [-0.3, -0.25) is 0 Å². The minimum absolute atomic E-state index is 0.533. The Balaban J connectivity index is 1.78. The number of ether oxygens (including phenoxy) is 1. The van der Waals surface area contributed by atoms with E-state index in [0.717, 1.165) is 24.8 Å². The average molecular weight is 191 g/mol. The lowest BCUT2D eigenvalue weighted by atomic mass is 10.1. The van der Waals surface area contributed by atoms with Gasteiger partial charge in [-0.15, -0.1) is 0 Å². The van der Waals surface area contributed by atoms with Crippen LogP contribution >= 0.6 is 0 Å². The van der Waals surface area contributed by atoms with Gasteiger partial charge in [0.15, 0.2) is 0 Å². The van der Waals surface area contributed by atoms with Gasteiger partial charge < -0.3 is 10.1 Å². The third kappa shape index (κ3) is 2.48. The molecule has 1 aromatic carbocycles. The molecule has 1 aliphatic rings. The standard InChI is InChI=1S/C12H17NO/c1-10-7-11(13-8-10)9-14-12-5-3-2-4-6-12/h2-6,10-11,13H,7-9H2,1H3/t10-,11-/m0/s1. The van der Waals surface area contributed by atoms with Crippen LogP contribution in [-0.2, 0) is 0 Å². The molecule has 2 rings (SSSR count). The second-order valence-corrected chi connectivity index (χ2v) is 4.07. The molecule has 0 radical (unpaired) electrons. The van der Waals surface area contributed by atoms with Crippen molar-refractivity contribution in [3.63, 3.8) is 0 Å². The van der Waals surface area contributed by atoms with Crippen LogP contribution < -0.4 is 10.1 Å². The molecule has 0 amide bonds. The summed E-state index contributed by atoms with van der Waals surface area (Å²) in [5, 5.41) is 3.45. The van der Waals surface area contributed by atoms with Crippen LogP contribution in [0.2, 0.25) is 0 Å². The zero-order chi connectivity index (χ0) is 9.80. The van der Waals surface area contributed by atoms with E-state index in [1.54, 1.807) is 0 Å². The van der Waals surface area contributed by atoms with Gasteiger partial charge in [0.2, 0.25) is 0 Å². The molecule has 14 heavy (non-hydrogen) atoms. The highest BCUT2D eigenvalue weighted by Gasteiger charge is 2.20. The number of hydrogen-bond acceptors (Lipinski definition) is 2. The molecular weight excluding hydrogens is 174 g/mol. The maximum Gasteiger partial charge on any atom is 0.119 e. The fourth-order valence-corrected chi connectivity index (χ4v) is 1.86. The molecule has 2 nitrogen and oxygen atoms in total. The first kappa shape index (κ1) is 9.53. The van der Waals surface area contributed by atoms with E-state index >= 15 is 0 Å². The zero-order valence-electron chi connectivity index (χ0n) is 8.57. The molecule has 0 aromatic heterocycles. The monoisotopic (exact) mass is 191 g/mol. The molecule has 1 N–H and O–H groups in total. The molecule has 0 aliphatic carbocycles. The topological polar surface area (TPSA) is 21.3 Å². The summed E-state index contributed by atoms with van der Waals surface area (Å²) in [5.41, 5.74) is 0. The summed E-state index contributed by atoms with van der Waals surface area (Å²) in [4.78, 5) is 0. The third-order valence-corrected chi connectivity index (χ3v) is 2.64. The molecule has 1 saturated heterocycles. The molecule has 2 heteroatoms. The molecule has 0 spiro atoms. The van der Waals surface area contributed by atoms with Gasteiger partial charge in [0.05, 0.1) is 0 Å². The van der Waals surface area contributed by atoms with Crippen molar-refractivity contribution >= 4 is 0 Å². The van der Waals surface area contributed by atoms with Gasteiger partial charge in [-0.2, -0.15) is 0 Å². The van der Waals surface area contributed by atoms with E-state index in [0.29, 0.717) is 6.04 Å². The van der Waals surface area contributed by atoms with Crippen LogP contribution in [0.4, 0.5) is 0 Å². The number of rotatable bonds is 3. The van der Waals surface area contributed by atoms with Gasteiger partial charge in [-0.05, 0) is 31.0 Å². The minimum atomic E-state index is 0.533. The quantitative estimate of drug-likeness (QED) is 0.789. The first-order chi connectivity index (χ1) is 6.84. The Labute approximate surface area is 85.3 Å². The first-order valence-corrected chi connectivity index (χ1v) is 5.26. The van der Waals surface area contributed by atoms with Gasteiger partial charge >= 0.3 is 0 Å². The van der Waals surface area contributed by atoms with Crippen molar-refractivity contribution < 1.29 is 4.74 Å². The van der Waals surface area contributed by atoms with E-state index in [9.17, 15) is 0 Å². The van der Waals surface area contributed by atoms with Gasteiger partial charge in [0.1, 0.15) is 12.4 Å². The van der Waals surface area contributed by atoms with Gasteiger partial charge in [-0.1, -0.05) is 25.1 Å². The van der Waals surface area contributed by atoms with E-state index in [1.807, 2.05) is 30.3 Å². The van der Waals surface area contributed by atoms with Crippen molar-refractivity contribution in [1.29, 1.82) is 0 Å². The highest BCUT2D eigenvalue weighted by Crippen LogP contribution is 2.15. The molecule has 76 valence electrons. The lowest BCUT2D eigenvalue weighted by Crippen LogP contribution is -2.28. The van der Waals surface area contributed by atoms with Gasteiger partial charge in [0, 0.05) is 6.04 Å². The maximum atomic E-state index is 5.68. The predicted molar refractivity (Wildman–Crippen MR) is 57.5 cm³/mol. The molecule has 1 heterocycles. The second-order valence-electron chi connectivity index (χ2n) is 4.07. The average Bonchev–Trinajstić information content (AvgIpc) is 2.63. The molecule has 0 bridgehead atoms. The maximum absolute atomic E-state index is 5.68. The predicted octanol–water partition coefficient (Wildman–Crippen LogP) is 2.06. The van der Waals surface area contributed by atoms with E-state index < -0.39 is 0 Å². The summed E-state index contributed by atoms with van der Waals surface area (Å²) in [6.45, 7) is 4.19. The van der Waals surface area contributed by atoms with Crippen LogP contribution in [0.5, 0.6) is 5.75 Å². The highest BCUT2D eigenvalue weighted by atomic mass is 16.5. The zero-order valence-corrected chi connectivity index (χ0v) is 8.57. The Bertz CT molecular complexity index is 273. The van der Waals surface area contributed by atoms with Crippen LogP contribution in [0.1, 0.15) is 13.3 Å².